The van der Waals surface area contributed by atoms with E-state index >= 15 is 0 Å². The molecule has 1 aliphatic heterocycles. The molecule has 212 valence electrons. The molecule has 13 heteroatoms. The molecular formula is C29H27N9O3S. The molecule has 1 amide bonds. The lowest BCUT2D eigenvalue weighted by molar-refractivity contribution is 0.0955. The van der Waals surface area contributed by atoms with Crippen LogP contribution in [-0.2, 0) is 10.0 Å². The average Bonchev–Trinajstić information content (AvgIpc) is 3.72. The molecule has 2 aromatic carbocycles. The number of aromatic nitrogens is 5. The molecule has 0 aliphatic carbocycles. The minimum atomic E-state index is -3.49. The van der Waals surface area contributed by atoms with Crippen molar-refractivity contribution in [1.29, 1.82) is 0 Å². The molecule has 0 bridgehead atoms. The number of carbonyl (C=O) groups excluding carboxylic acids is 1. The van der Waals surface area contributed by atoms with Crippen molar-refractivity contribution in [3.8, 4) is 11.1 Å². The number of sulfonamides is 1. The third-order valence-corrected chi connectivity index (χ3v) is 7.95. The van der Waals surface area contributed by atoms with Crippen LogP contribution >= 0.6 is 0 Å². The third kappa shape index (κ3) is 4.39. The minimum absolute atomic E-state index is 0.121. The molecule has 12 nitrogen and oxygen atoms in total. The van der Waals surface area contributed by atoms with Crippen molar-refractivity contribution in [3.05, 3.63) is 91.3 Å². The number of benzene rings is 2. The van der Waals surface area contributed by atoms with Crippen molar-refractivity contribution in [2.24, 2.45) is 0 Å². The zero-order chi connectivity index (χ0) is 29.0. The number of nitrogens with zero attached hydrogens (tertiary/aromatic N) is 4. The van der Waals surface area contributed by atoms with Crippen LogP contribution in [0.5, 0.6) is 0 Å². The van der Waals surface area contributed by atoms with Gasteiger partial charge in [0.2, 0.25) is 10.0 Å². The first-order valence-corrected chi connectivity index (χ1v) is 15.2. The number of hydrogen-bond acceptors (Lipinski definition) is 7. The van der Waals surface area contributed by atoms with Crippen LogP contribution in [0.4, 0.5) is 17.2 Å². The van der Waals surface area contributed by atoms with Crippen molar-refractivity contribution in [3.63, 3.8) is 0 Å². The van der Waals surface area contributed by atoms with Crippen LogP contribution in [0.3, 0.4) is 0 Å². The molecule has 0 spiro atoms. The number of fused-ring (bicyclic) bond motifs is 3. The lowest BCUT2D eigenvalue weighted by atomic mass is 10.0. The molecule has 0 saturated heterocycles. The van der Waals surface area contributed by atoms with Crippen molar-refractivity contribution in [2.45, 2.75) is 19.1 Å². The Kier molecular flexibility index (Phi) is 5.90. The largest absolute Gasteiger partial charge is 0.363 e. The van der Waals surface area contributed by atoms with E-state index in [1.165, 1.54) is 6.33 Å². The Labute approximate surface area is 240 Å². The molecule has 5 heterocycles. The van der Waals surface area contributed by atoms with Gasteiger partial charge in [-0.05, 0) is 55.0 Å². The van der Waals surface area contributed by atoms with Gasteiger partial charge in [-0.15, -0.1) is 0 Å². The summed E-state index contributed by atoms with van der Waals surface area (Å²) in [6.07, 6.45) is 7.60. The van der Waals surface area contributed by atoms with Crippen LogP contribution in [-0.4, -0.2) is 57.4 Å². The van der Waals surface area contributed by atoms with Crippen LogP contribution in [0.1, 0.15) is 17.4 Å². The lowest BCUT2D eigenvalue weighted by Crippen LogP contribution is -2.59. The van der Waals surface area contributed by atoms with E-state index in [-0.39, 0.29) is 11.9 Å². The van der Waals surface area contributed by atoms with Gasteiger partial charge in [0.05, 0.1) is 23.4 Å². The summed E-state index contributed by atoms with van der Waals surface area (Å²) in [4.78, 5) is 30.8. The minimum Gasteiger partial charge on any atom is -0.363 e. The summed E-state index contributed by atoms with van der Waals surface area (Å²) in [6.45, 7) is 1.98. The first-order valence-electron chi connectivity index (χ1n) is 13.3. The highest BCUT2D eigenvalue weighted by atomic mass is 32.2. The summed E-state index contributed by atoms with van der Waals surface area (Å²) < 4.78 is 28.4. The number of carbonyl (C=O) groups is 1. The number of H-pyrrole nitrogens is 2. The van der Waals surface area contributed by atoms with Crippen LogP contribution in [0, 0.1) is 0 Å². The molecule has 2 atom stereocenters. The number of nitrogens with one attached hydrogen (secondary N) is 5. The van der Waals surface area contributed by atoms with Crippen molar-refractivity contribution < 1.29 is 13.2 Å². The molecule has 5 N–H and O–H groups in total. The van der Waals surface area contributed by atoms with Gasteiger partial charge in [-0.2, -0.15) is 0 Å². The second-order valence-corrected chi connectivity index (χ2v) is 12.0. The molecule has 42 heavy (non-hydrogen) atoms. The summed E-state index contributed by atoms with van der Waals surface area (Å²) in [6, 6.07) is 18.3. The predicted octanol–water partition coefficient (Wildman–Crippen LogP) is 4.31. The van der Waals surface area contributed by atoms with E-state index in [4.69, 9.17) is 0 Å². The molecular weight excluding hydrogens is 554 g/mol. The number of rotatable bonds is 7. The lowest BCUT2D eigenvalue weighted by Gasteiger charge is -2.41. The maximum atomic E-state index is 13.6. The Balaban J connectivity index is 1.31. The Morgan fingerprint density at radius 1 is 1.00 bits per heavy atom. The fourth-order valence-electron chi connectivity index (χ4n) is 5.56. The van der Waals surface area contributed by atoms with Gasteiger partial charge in [-0.3, -0.25) is 19.1 Å². The van der Waals surface area contributed by atoms with Crippen LogP contribution in [0.2, 0.25) is 0 Å². The Morgan fingerprint density at radius 3 is 2.64 bits per heavy atom. The van der Waals surface area contributed by atoms with Crippen molar-refractivity contribution in [1.82, 2.24) is 24.6 Å². The molecule has 0 radical (unpaired) electrons. The molecule has 7 rings (SSSR count). The first-order chi connectivity index (χ1) is 20.3. The van der Waals surface area contributed by atoms with Gasteiger partial charge in [0.25, 0.3) is 5.91 Å². The predicted molar refractivity (Wildman–Crippen MR) is 164 cm³/mol. The summed E-state index contributed by atoms with van der Waals surface area (Å²) in [5, 5.41) is 5.17. The maximum absolute atomic E-state index is 13.6. The van der Waals surface area contributed by atoms with Gasteiger partial charge in [0.1, 0.15) is 29.7 Å². The number of para-hydroxylation sites is 1. The highest BCUT2D eigenvalue weighted by Gasteiger charge is 2.36. The summed E-state index contributed by atoms with van der Waals surface area (Å²) in [7, 11) is -3.49. The number of aromatic amines is 2. The molecule has 1 unspecified atom stereocenters. The van der Waals surface area contributed by atoms with E-state index in [2.05, 4.69) is 35.4 Å². The Hall–Kier alpha value is -5.30. The van der Waals surface area contributed by atoms with Gasteiger partial charge >= 0.3 is 0 Å². The smallest absolute Gasteiger partial charge is 0.278 e. The van der Waals surface area contributed by atoms with Gasteiger partial charge in [0.15, 0.2) is 0 Å². The SMILES string of the molecule is C[C@H](Nc1ncnc2[nH]cc(-c3cc(NS(C)(=O)=O)cc4[nH]ccc34)c12)C1Nn2cccc2C(=O)N1c1ccccc1. The summed E-state index contributed by atoms with van der Waals surface area (Å²) in [5.41, 5.74) is 8.17. The zero-order valence-corrected chi connectivity index (χ0v) is 23.5. The molecule has 0 fully saturated rings. The fraction of sp³-hybridized carbons (Fsp3) is 0.138. The van der Waals surface area contributed by atoms with Gasteiger partial charge in [0, 0.05) is 40.7 Å². The van der Waals surface area contributed by atoms with E-state index in [9.17, 15) is 13.2 Å². The van der Waals surface area contributed by atoms with Crippen molar-refractivity contribution in [2.75, 3.05) is 26.6 Å². The fourth-order valence-corrected chi connectivity index (χ4v) is 6.11. The van der Waals surface area contributed by atoms with E-state index < -0.39 is 16.2 Å². The number of anilines is 3. The normalized spacial score (nSPS) is 15.9. The Morgan fingerprint density at radius 2 is 1.83 bits per heavy atom. The standard InChI is InChI=1S/C29H27N9O3S/c1-17(28-35-37-12-6-9-24(37)29(39)38(28)19-7-4-3-5-8-19)34-27-25-22(15-31-26(25)32-16-33-27)21-13-18(36-42(2,40)41)14-23-20(21)10-11-30-23/h3-17,28,30,35-36H,1-2H3,(H2,31,32,33,34)/t17-,28?/m0/s1. The summed E-state index contributed by atoms with van der Waals surface area (Å²) in [5.74, 6) is 0.443. The first kappa shape index (κ1) is 25.7. The van der Waals surface area contributed by atoms with Gasteiger partial charge < -0.3 is 20.7 Å². The number of amides is 1. The second kappa shape index (κ2) is 9.66. The van der Waals surface area contributed by atoms with Crippen LogP contribution < -0.4 is 20.4 Å². The maximum Gasteiger partial charge on any atom is 0.278 e. The van der Waals surface area contributed by atoms with Gasteiger partial charge in [-0.1, -0.05) is 18.2 Å². The van der Waals surface area contributed by atoms with E-state index in [1.54, 1.807) is 27.8 Å². The van der Waals surface area contributed by atoms with E-state index in [0.717, 1.165) is 39.4 Å². The zero-order valence-electron chi connectivity index (χ0n) is 22.7. The molecule has 1 aliphatic rings. The van der Waals surface area contributed by atoms with E-state index in [1.807, 2.05) is 68.0 Å². The third-order valence-electron chi connectivity index (χ3n) is 7.34. The van der Waals surface area contributed by atoms with Crippen LogP contribution in [0.15, 0.2) is 85.6 Å². The highest BCUT2D eigenvalue weighted by Crippen LogP contribution is 2.38. The quantitative estimate of drug-likeness (QED) is 0.188. The highest BCUT2D eigenvalue weighted by molar-refractivity contribution is 7.92. The summed E-state index contributed by atoms with van der Waals surface area (Å²) >= 11 is 0. The second-order valence-electron chi connectivity index (χ2n) is 10.3. The number of hydrogen-bond donors (Lipinski definition) is 5. The van der Waals surface area contributed by atoms with Gasteiger partial charge in [-0.25, -0.2) is 18.4 Å². The van der Waals surface area contributed by atoms with Crippen molar-refractivity contribution >= 4 is 55.1 Å². The average molecular weight is 582 g/mol. The van der Waals surface area contributed by atoms with Crippen LogP contribution in [0.25, 0.3) is 33.1 Å². The van der Waals surface area contributed by atoms with E-state index in [0.29, 0.717) is 22.8 Å². The molecule has 4 aromatic heterocycles. The molecule has 6 aromatic rings. The Bertz CT molecular complexity index is 2060. The monoisotopic (exact) mass is 581 g/mol. The topological polar surface area (TPSA) is 153 Å². The molecule has 0 saturated carbocycles.